The zero-order chi connectivity index (χ0) is 14.0. The summed E-state index contributed by atoms with van der Waals surface area (Å²) in [6.45, 7) is 4.90. The number of likely N-dealkylation sites (tertiary alicyclic amines) is 1. The maximum Gasteiger partial charge on any atom is 0.250 e. The molecule has 1 N–H and O–H groups in total. The van der Waals surface area contributed by atoms with Crippen molar-refractivity contribution in [2.75, 3.05) is 13.1 Å². The Morgan fingerprint density at radius 3 is 2.53 bits per heavy atom. The normalized spacial score (nSPS) is 17.7. The molecular weight excluding hydrogens is 284 g/mol. The van der Waals surface area contributed by atoms with E-state index in [1.54, 1.807) is 24.0 Å². The minimum Gasteiger partial charge on any atom is -0.341 e. The van der Waals surface area contributed by atoms with E-state index in [1.165, 1.54) is 11.3 Å². The first-order valence-electron chi connectivity index (χ1n) is 6.28. The van der Waals surface area contributed by atoms with E-state index in [9.17, 15) is 13.2 Å². The molecule has 0 spiro atoms. The van der Waals surface area contributed by atoms with Gasteiger partial charge in [0.1, 0.15) is 4.21 Å². The second-order valence-electron chi connectivity index (χ2n) is 4.74. The fourth-order valence-electron chi connectivity index (χ4n) is 2.11. The molecule has 0 saturated carbocycles. The molecule has 7 heteroatoms. The van der Waals surface area contributed by atoms with Crippen LogP contribution in [0.25, 0.3) is 0 Å². The smallest absolute Gasteiger partial charge is 0.250 e. The highest BCUT2D eigenvalue weighted by Crippen LogP contribution is 2.21. The van der Waals surface area contributed by atoms with Gasteiger partial charge in [-0.3, -0.25) is 4.79 Å². The number of amides is 1. The van der Waals surface area contributed by atoms with Gasteiger partial charge in [-0.1, -0.05) is 0 Å². The highest BCUT2D eigenvalue weighted by atomic mass is 32.2. The van der Waals surface area contributed by atoms with E-state index >= 15 is 0 Å². The predicted molar refractivity (Wildman–Crippen MR) is 74.7 cm³/mol. The van der Waals surface area contributed by atoms with E-state index in [2.05, 4.69) is 4.72 Å². The van der Waals surface area contributed by atoms with Gasteiger partial charge in [0, 0.05) is 18.0 Å². The quantitative estimate of drug-likeness (QED) is 0.913. The van der Waals surface area contributed by atoms with Gasteiger partial charge in [0.15, 0.2) is 0 Å². The summed E-state index contributed by atoms with van der Waals surface area (Å²) in [6.07, 6.45) is 1.99. The molecule has 1 atom stereocenters. The van der Waals surface area contributed by atoms with Gasteiger partial charge in [-0.2, -0.15) is 4.72 Å². The van der Waals surface area contributed by atoms with Gasteiger partial charge in [-0.05, 0) is 38.8 Å². The lowest BCUT2D eigenvalue weighted by atomic mass is 10.3. The molecule has 1 saturated heterocycles. The first kappa shape index (κ1) is 14.5. The van der Waals surface area contributed by atoms with Gasteiger partial charge < -0.3 is 4.90 Å². The Balaban J connectivity index is 2.05. The van der Waals surface area contributed by atoms with E-state index in [-0.39, 0.29) is 10.1 Å². The van der Waals surface area contributed by atoms with Crippen LogP contribution >= 0.6 is 11.3 Å². The zero-order valence-electron chi connectivity index (χ0n) is 11.0. The van der Waals surface area contributed by atoms with Crippen molar-refractivity contribution in [3.05, 3.63) is 17.0 Å². The SMILES string of the molecule is Cc1ccc(S(=O)(=O)N[C@@H](C)C(=O)N2CCCC2)s1. The maximum atomic E-state index is 12.1. The van der Waals surface area contributed by atoms with Gasteiger partial charge in [0.05, 0.1) is 6.04 Å². The third kappa shape index (κ3) is 3.34. The first-order chi connectivity index (χ1) is 8.90. The van der Waals surface area contributed by atoms with Gasteiger partial charge in [-0.15, -0.1) is 11.3 Å². The number of rotatable bonds is 4. The summed E-state index contributed by atoms with van der Waals surface area (Å²) in [5.41, 5.74) is 0. The van der Waals surface area contributed by atoms with Crippen molar-refractivity contribution in [1.29, 1.82) is 0 Å². The molecule has 0 aliphatic carbocycles. The highest BCUT2D eigenvalue weighted by Gasteiger charge is 2.27. The predicted octanol–water partition coefficient (Wildman–Crippen LogP) is 1.35. The fraction of sp³-hybridized carbons (Fsp3) is 0.583. The summed E-state index contributed by atoms with van der Waals surface area (Å²) in [5, 5.41) is 0. The van der Waals surface area contributed by atoms with Crippen LogP contribution in [-0.2, 0) is 14.8 Å². The van der Waals surface area contributed by atoms with Crippen LogP contribution in [0.5, 0.6) is 0 Å². The summed E-state index contributed by atoms with van der Waals surface area (Å²) in [4.78, 5) is 14.7. The standard InChI is InChI=1S/C12H18N2O3S2/c1-9-5-6-11(18-9)19(16,17)13-10(2)12(15)14-7-3-4-8-14/h5-6,10,13H,3-4,7-8H2,1-2H3/t10-/m0/s1. The molecule has 5 nitrogen and oxygen atoms in total. The van der Waals surface area contributed by atoms with Crippen molar-refractivity contribution in [3.8, 4) is 0 Å². The first-order valence-corrected chi connectivity index (χ1v) is 8.58. The van der Waals surface area contributed by atoms with E-state index in [0.717, 1.165) is 30.8 Å². The fourth-order valence-corrected chi connectivity index (χ4v) is 4.61. The zero-order valence-corrected chi connectivity index (χ0v) is 12.7. The second kappa shape index (κ2) is 5.60. The van der Waals surface area contributed by atoms with Crippen molar-refractivity contribution in [3.63, 3.8) is 0 Å². The van der Waals surface area contributed by atoms with Crippen LogP contribution in [-0.4, -0.2) is 38.4 Å². The number of thiophene rings is 1. The van der Waals surface area contributed by atoms with Crippen LogP contribution in [0.4, 0.5) is 0 Å². The Labute approximate surface area is 117 Å². The minimum absolute atomic E-state index is 0.144. The van der Waals surface area contributed by atoms with Gasteiger partial charge in [0.2, 0.25) is 5.91 Å². The van der Waals surface area contributed by atoms with Crippen LogP contribution in [0.3, 0.4) is 0 Å². The van der Waals surface area contributed by atoms with Crippen LogP contribution < -0.4 is 4.72 Å². The minimum atomic E-state index is -3.59. The molecule has 1 fully saturated rings. The monoisotopic (exact) mass is 302 g/mol. The van der Waals surface area contributed by atoms with Crippen molar-refractivity contribution >= 4 is 27.3 Å². The molecule has 1 amide bonds. The van der Waals surface area contributed by atoms with E-state index in [4.69, 9.17) is 0 Å². The topological polar surface area (TPSA) is 66.5 Å². The molecule has 0 unspecified atom stereocenters. The van der Waals surface area contributed by atoms with E-state index in [1.807, 2.05) is 6.92 Å². The lowest BCUT2D eigenvalue weighted by Crippen LogP contribution is -2.45. The second-order valence-corrected chi connectivity index (χ2v) is 7.97. The molecule has 1 aliphatic heterocycles. The van der Waals surface area contributed by atoms with Gasteiger partial charge in [-0.25, -0.2) is 8.42 Å². The number of hydrogen-bond acceptors (Lipinski definition) is 4. The lowest BCUT2D eigenvalue weighted by molar-refractivity contribution is -0.131. The largest absolute Gasteiger partial charge is 0.341 e. The molecule has 1 aliphatic rings. The third-order valence-corrected chi connectivity index (χ3v) is 6.13. The van der Waals surface area contributed by atoms with Crippen molar-refractivity contribution < 1.29 is 13.2 Å². The number of nitrogens with zero attached hydrogens (tertiary/aromatic N) is 1. The van der Waals surface area contributed by atoms with Crippen molar-refractivity contribution in [1.82, 2.24) is 9.62 Å². The third-order valence-electron chi connectivity index (χ3n) is 3.10. The van der Waals surface area contributed by atoms with E-state index < -0.39 is 16.1 Å². The Bertz CT molecular complexity index is 559. The molecule has 2 rings (SSSR count). The average molecular weight is 302 g/mol. The van der Waals surface area contributed by atoms with Crippen LogP contribution in [0.2, 0.25) is 0 Å². The molecule has 0 bridgehead atoms. The molecule has 1 aromatic rings. The van der Waals surface area contributed by atoms with Gasteiger partial charge in [0.25, 0.3) is 10.0 Å². The summed E-state index contributed by atoms with van der Waals surface area (Å²) in [7, 11) is -3.59. The molecule has 0 radical (unpaired) electrons. The van der Waals surface area contributed by atoms with Gasteiger partial charge >= 0.3 is 0 Å². The summed E-state index contributed by atoms with van der Waals surface area (Å²) in [6, 6.07) is 2.60. The average Bonchev–Trinajstić information content (AvgIpc) is 2.97. The number of carbonyl (C=O) groups is 1. The Kier molecular flexibility index (Phi) is 4.27. The highest BCUT2D eigenvalue weighted by molar-refractivity contribution is 7.91. The number of nitrogens with one attached hydrogen (secondary N) is 1. The van der Waals surface area contributed by atoms with Crippen LogP contribution in [0.15, 0.2) is 16.3 Å². The maximum absolute atomic E-state index is 12.1. The summed E-state index contributed by atoms with van der Waals surface area (Å²) in [5.74, 6) is -0.144. The Morgan fingerprint density at radius 2 is 2.00 bits per heavy atom. The van der Waals surface area contributed by atoms with Crippen molar-refractivity contribution in [2.24, 2.45) is 0 Å². The molecule has 2 heterocycles. The summed E-state index contributed by atoms with van der Waals surface area (Å²) >= 11 is 1.21. The van der Waals surface area contributed by atoms with Crippen LogP contribution in [0, 0.1) is 6.92 Å². The molecule has 1 aromatic heterocycles. The van der Waals surface area contributed by atoms with Crippen molar-refractivity contribution in [2.45, 2.75) is 36.9 Å². The Hall–Kier alpha value is -0.920. The lowest BCUT2D eigenvalue weighted by Gasteiger charge is -2.20. The number of sulfonamides is 1. The molecule has 106 valence electrons. The molecular formula is C12H18N2O3S2. The number of carbonyl (C=O) groups excluding carboxylic acids is 1. The molecule has 19 heavy (non-hydrogen) atoms. The number of hydrogen-bond donors (Lipinski definition) is 1. The number of aryl methyl sites for hydroxylation is 1. The Morgan fingerprint density at radius 1 is 1.37 bits per heavy atom. The summed E-state index contributed by atoms with van der Waals surface area (Å²) < 4.78 is 26.9. The molecule has 0 aromatic carbocycles. The van der Waals surface area contributed by atoms with Crippen LogP contribution in [0.1, 0.15) is 24.6 Å². The van der Waals surface area contributed by atoms with E-state index in [0.29, 0.717) is 0 Å².